The van der Waals surface area contributed by atoms with E-state index in [1.54, 1.807) is 34.5 Å². The van der Waals surface area contributed by atoms with E-state index in [1.165, 1.54) is 18.4 Å². The second-order valence-electron chi connectivity index (χ2n) is 6.62. The molecule has 8 nitrogen and oxygen atoms in total. The molecule has 0 bridgehead atoms. The van der Waals surface area contributed by atoms with E-state index in [0.29, 0.717) is 30.0 Å². The quantitative estimate of drug-likeness (QED) is 0.582. The minimum Gasteiger partial charge on any atom is -0.465 e. The number of nitrogens with zero attached hydrogens (tertiary/aromatic N) is 2. The summed E-state index contributed by atoms with van der Waals surface area (Å²) in [6, 6.07) is 6.51. The first kappa shape index (κ1) is 21.3. The summed E-state index contributed by atoms with van der Waals surface area (Å²) in [5, 5.41) is 5.32. The van der Waals surface area contributed by atoms with Gasteiger partial charge in [-0.1, -0.05) is 12.0 Å². The van der Waals surface area contributed by atoms with Crippen LogP contribution in [0.25, 0.3) is 0 Å². The molecule has 30 heavy (non-hydrogen) atoms. The monoisotopic (exact) mass is 427 g/mol. The predicted octanol–water partition coefficient (Wildman–Crippen LogP) is 3.13. The smallest absolute Gasteiger partial charge is 0.410 e. The summed E-state index contributed by atoms with van der Waals surface area (Å²) in [6.45, 7) is 1.07. The van der Waals surface area contributed by atoms with Crippen LogP contribution >= 0.6 is 11.3 Å². The van der Waals surface area contributed by atoms with Gasteiger partial charge in [-0.15, -0.1) is 17.8 Å². The molecule has 3 rings (SSSR count). The Kier molecular flexibility index (Phi) is 7.03. The number of aromatic nitrogens is 1. The Morgan fingerprint density at radius 2 is 2.10 bits per heavy atom. The number of rotatable bonds is 5. The van der Waals surface area contributed by atoms with Gasteiger partial charge in [0, 0.05) is 30.1 Å². The summed E-state index contributed by atoms with van der Waals surface area (Å²) >= 11 is 1.42. The van der Waals surface area contributed by atoms with Gasteiger partial charge in [0.05, 0.1) is 17.7 Å². The van der Waals surface area contributed by atoms with Crippen LogP contribution in [0, 0.1) is 12.3 Å². The van der Waals surface area contributed by atoms with Gasteiger partial charge < -0.3 is 19.7 Å². The van der Waals surface area contributed by atoms with Crippen molar-refractivity contribution in [1.29, 1.82) is 0 Å². The van der Waals surface area contributed by atoms with Crippen molar-refractivity contribution >= 4 is 35.0 Å². The number of carbonyl (C=O) groups is 3. The SMILES string of the molecule is C#CCOC(=O)N1CCC(c2nc(C(=O)Nc3cccc(C(=O)OC)c3)cs2)CC1. The Bertz CT molecular complexity index is 973. The van der Waals surface area contributed by atoms with Crippen LogP contribution in [0.2, 0.25) is 0 Å². The zero-order valence-corrected chi connectivity index (χ0v) is 17.2. The minimum absolute atomic E-state index is 0.0355. The highest BCUT2D eigenvalue weighted by molar-refractivity contribution is 7.10. The lowest BCUT2D eigenvalue weighted by Crippen LogP contribution is -2.38. The molecule has 1 aliphatic rings. The summed E-state index contributed by atoms with van der Waals surface area (Å²) in [4.78, 5) is 42.1. The van der Waals surface area contributed by atoms with Gasteiger partial charge in [-0.3, -0.25) is 4.79 Å². The van der Waals surface area contributed by atoms with Crippen LogP contribution < -0.4 is 5.32 Å². The van der Waals surface area contributed by atoms with Gasteiger partial charge in [-0.2, -0.15) is 0 Å². The third-order valence-corrected chi connectivity index (χ3v) is 5.68. The van der Waals surface area contributed by atoms with Crippen molar-refractivity contribution in [1.82, 2.24) is 9.88 Å². The van der Waals surface area contributed by atoms with Crippen LogP contribution in [-0.2, 0) is 9.47 Å². The fourth-order valence-electron chi connectivity index (χ4n) is 3.12. The molecule has 156 valence electrons. The molecule has 9 heteroatoms. The van der Waals surface area contributed by atoms with Crippen molar-refractivity contribution in [3.8, 4) is 12.3 Å². The average molecular weight is 427 g/mol. The first-order valence-electron chi connectivity index (χ1n) is 9.32. The number of hydrogen-bond donors (Lipinski definition) is 1. The summed E-state index contributed by atoms with van der Waals surface area (Å²) in [5.74, 6) is 1.62. The number of anilines is 1. The molecule has 2 aromatic rings. The molecular formula is C21H21N3O5S. The van der Waals surface area contributed by atoms with Crippen LogP contribution in [0.5, 0.6) is 0 Å². The summed E-state index contributed by atoms with van der Waals surface area (Å²) in [5.41, 5.74) is 1.15. The van der Waals surface area contributed by atoms with Gasteiger partial charge in [0.1, 0.15) is 5.69 Å². The molecule has 0 atom stereocenters. The minimum atomic E-state index is -0.475. The predicted molar refractivity (Wildman–Crippen MR) is 112 cm³/mol. The number of piperidine rings is 1. The number of terminal acetylenes is 1. The molecule has 1 N–H and O–H groups in total. The van der Waals surface area contributed by atoms with E-state index < -0.39 is 12.1 Å². The van der Waals surface area contributed by atoms with Crippen molar-refractivity contribution in [3.63, 3.8) is 0 Å². The Balaban J connectivity index is 1.58. The van der Waals surface area contributed by atoms with E-state index in [2.05, 4.69) is 21.0 Å². The fourth-order valence-corrected chi connectivity index (χ4v) is 4.09. The lowest BCUT2D eigenvalue weighted by atomic mass is 9.98. The van der Waals surface area contributed by atoms with E-state index in [1.807, 2.05) is 0 Å². The molecule has 1 aromatic heterocycles. The Morgan fingerprint density at radius 1 is 1.33 bits per heavy atom. The normalized spacial score (nSPS) is 13.9. The number of likely N-dealkylation sites (tertiary alicyclic amines) is 1. The molecule has 0 unspecified atom stereocenters. The first-order chi connectivity index (χ1) is 14.5. The molecule has 0 aliphatic carbocycles. The van der Waals surface area contributed by atoms with Gasteiger partial charge in [-0.05, 0) is 31.0 Å². The molecule has 0 saturated carbocycles. The van der Waals surface area contributed by atoms with Crippen LogP contribution in [0.4, 0.5) is 10.5 Å². The van der Waals surface area contributed by atoms with Crippen molar-refractivity contribution in [3.05, 3.63) is 45.9 Å². The van der Waals surface area contributed by atoms with E-state index in [-0.39, 0.29) is 18.4 Å². The van der Waals surface area contributed by atoms with Crippen LogP contribution in [0.1, 0.15) is 44.6 Å². The second-order valence-corrected chi connectivity index (χ2v) is 7.51. The molecule has 1 aliphatic heterocycles. The Labute approximate surface area is 178 Å². The molecule has 0 radical (unpaired) electrons. The van der Waals surface area contributed by atoms with Crippen molar-refractivity contribution in [2.75, 3.05) is 32.1 Å². The maximum absolute atomic E-state index is 12.5. The zero-order valence-electron chi connectivity index (χ0n) is 16.4. The maximum atomic E-state index is 12.5. The number of methoxy groups -OCH3 is 1. The number of hydrogen-bond acceptors (Lipinski definition) is 7. The Hall–Kier alpha value is -3.38. The van der Waals surface area contributed by atoms with Gasteiger partial charge in [0.25, 0.3) is 5.91 Å². The first-order valence-corrected chi connectivity index (χ1v) is 10.2. The third kappa shape index (κ3) is 5.15. The Morgan fingerprint density at radius 3 is 2.80 bits per heavy atom. The summed E-state index contributed by atoms with van der Waals surface area (Å²) < 4.78 is 9.64. The lowest BCUT2D eigenvalue weighted by molar-refractivity contribution is 0.0600. The number of carbonyl (C=O) groups excluding carboxylic acids is 3. The zero-order chi connectivity index (χ0) is 21.5. The standard InChI is InChI=1S/C21H21N3O5S/c1-3-11-29-21(27)24-9-7-14(8-10-24)19-23-17(13-30-19)18(25)22-16-6-4-5-15(12-16)20(26)28-2/h1,4-6,12-14H,7-11H2,2H3,(H,22,25). The van der Waals surface area contributed by atoms with E-state index in [9.17, 15) is 14.4 Å². The van der Waals surface area contributed by atoms with Crippen molar-refractivity contribution < 1.29 is 23.9 Å². The molecule has 2 amide bonds. The third-order valence-electron chi connectivity index (χ3n) is 4.68. The van der Waals surface area contributed by atoms with E-state index in [4.69, 9.17) is 11.2 Å². The van der Waals surface area contributed by atoms with E-state index in [0.717, 1.165) is 17.8 Å². The topological polar surface area (TPSA) is 97.8 Å². The largest absolute Gasteiger partial charge is 0.465 e. The van der Waals surface area contributed by atoms with Crippen molar-refractivity contribution in [2.24, 2.45) is 0 Å². The van der Waals surface area contributed by atoms with Gasteiger partial charge in [0.15, 0.2) is 6.61 Å². The summed E-state index contributed by atoms with van der Waals surface area (Å²) in [7, 11) is 1.30. The van der Waals surface area contributed by atoms with Gasteiger partial charge in [0.2, 0.25) is 0 Å². The number of ether oxygens (including phenoxy) is 2. The van der Waals surface area contributed by atoms with Gasteiger partial charge >= 0.3 is 12.1 Å². The molecule has 1 saturated heterocycles. The lowest BCUT2D eigenvalue weighted by Gasteiger charge is -2.30. The number of nitrogens with one attached hydrogen (secondary N) is 1. The molecule has 2 heterocycles. The maximum Gasteiger partial charge on any atom is 0.410 e. The number of thiazole rings is 1. The second kappa shape index (κ2) is 9.89. The molecular weight excluding hydrogens is 406 g/mol. The highest BCUT2D eigenvalue weighted by atomic mass is 32.1. The molecule has 0 spiro atoms. The number of amides is 2. The molecule has 1 fully saturated rings. The van der Waals surface area contributed by atoms with Crippen molar-refractivity contribution in [2.45, 2.75) is 18.8 Å². The fraction of sp³-hybridized carbons (Fsp3) is 0.333. The van der Waals surface area contributed by atoms with Gasteiger partial charge in [-0.25, -0.2) is 14.6 Å². The highest BCUT2D eigenvalue weighted by Crippen LogP contribution is 2.30. The average Bonchev–Trinajstić information content (AvgIpc) is 3.27. The van der Waals surface area contributed by atoms with Crippen LogP contribution in [-0.4, -0.2) is 54.7 Å². The van der Waals surface area contributed by atoms with Crippen LogP contribution in [0.15, 0.2) is 29.6 Å². The summed E-state index contributed by atoms with van der Waals surface area (Å²) in [6.07, 6.45) is 6.17. The molecule has 1 aromatic carbocycles. The number of esters is 1. The van der Waals surface area contributed by atoms with E-state index >= 15 is 0 Å². The number of benzene rings is 1. The highest BCUT2D eigenvalue weighted by Gasteiger charge is 2.27. The van der Waals surface area contributed by atoms with Crippen LogP contribution in [0.3, 0.4) is 0 Å².